The van der Waals surface area contributed by atoms with Crippen molar-refractivity contribution in [3.8, 4) is 12.3 Å². The molecular formula is C15H19N5O. The molecule has 1 aliphatic carbocycles. The number of terminal acetylenes is 1. The molecule has 1 saturated carbocycles. The summed E-state index contributed by atoms with van der Waals surface area (Å²) in [5, 5.41) is 15.5. The Kier molecular flexibility index (Phi) is 3.50. The van der Waals surface area contributed by atoms with Crippen LogP contribution in [-0.4, -0.2) is 21.4 Å². The maximum Gasteiger partial charge on any atom is 0.224 e. The molecule has 0 aromatic carbocycles. The topological polar surface area (TPSA) is 71.6 Å². The van der Waals surface area contributed by atoms with Gasteiger partial charge >= 0.3 is 0 Å². The average Bonchev–Trinajstić information content (AvgIpc) is 3.36. The number of rotatable bonds is 7. The molecule has 2 aliphatic rings. The van der Waals surface area contributed by atoms with Crippen LogP contribution in [0.1, 0.15) is 50.1 Å². The lowest BCUT2D eigenvalue weighted by atomic mass is 10.0. The van der Waals surface area contributed by atoms with E-state index in [-0.39, 0.29) is 5.91 Å². The number of nitrogens with zero attached hydrogens (tertiary/aromatic N) is 4. The molecule has 0 bridgehead atoms. The number of anilines is 1. The predicted octanol–water partition coefficient (Wildman–Crippen LogP) is 2.59. The first-order valence-corrected chi connectivity index (χ1v) is 7.33. The van der Waals surface area contributed by atoms with Gasteiger partial charge in [0.15, 0.2) is 5.66 Å². The number of aryl methyl sites for hydroxylation is 1. The van der Waals surface area contributed by atoms with Gasteiger partial charge in [-0.25, -0.2) is 0 Å². The molecule has 0 spiro atoms. The predicted molar refractivity (Wildman–Crippen MR) is 78.7 cm³/mol. The highest BCUT2D eigenvalue weighted by Crippen LogP contribution is 2.42. The summed E-state index contributed by atoms with van der Waals surface area (Å²) in [4.78, 5) is 12.1. The van der Waals surface area contributed by atoms with E-state index in [4.69, 9.17) is 6.42 Å². The zero-order valence-electron chi connectivity index (χ0n) is 12.2. The van der Waals surface area contributed by atoms with E-state index in [9.17, 15) is 4.79 Å². The molecule has 2 heterocycles. The Hall–Kier alpha value is -2.16. The monoisotopic (exact) mass is 285 g/mol. The number of aromatic nitrogens is 2. The Morgan fingerprint density at radius 2 is 2.29 bits per heavy atom. The molecule has 0 saturated heterocycles. The lowest BCUT2D eigenvalue weighted by molar-refractivity contribution is -0.116. The van der Waals surface area contributed by atoms with Crippen LogP contribution < -0.4 is 5.32 Å². The van der Waals surface area contributed by atoms with Crippen molar-refractivity contribution in [2.24, 2.45) is 17.3 Å². The number of nitrogens with one attached hydrogen (secondary N) is 1. The van der Waals surface area contributed by atoms with Crippen molar-refractivity contribution in [2.45, 2.75) is 50.1 Å². The largest absolute Gasteiger partial charge is 0.323 e. The minimum atomic E-state index is -0.391. The van der Waals surface area contributed by atoms with E-state index in [1.807, 2.05) is 13.2 Å². The smallest absolute Gasteiger partial charge is 0.224 e. The Labute approximate surface area is 124 Å². The van der Waals surface area contributed by atoms with Crippen LogP contribution in [0.25, 0.3) is 0 Å². The van der Waals surface area contributed by atoms with Gasteiger partial charge in [0.2, 0.25) is 5.91 Å². The van der Waals surface area contributed by atoms with Gasteiger partial charge in [0.25, 0.3) is 0 Å². The third-order valence-corrected chi connectivity index (χ3v) is 3.90. The molecule has 1 aliphatic heterocycles. The van der Waals surface area contributed by atoms with Crippen LogP contribution in [0.3, 0.4) is 0 Å². The van der Waals surface area contributed by atoms with Crippen molar-refractivity contribution in [3.63, 3.8) is 0 Å². The Morgan fingerprint density at radius 1 is 1.52 bits per heavy atom. The van der Waals surface area contributed by atoms with Crippen molar-refractivity contribution in [1.29, 1.82) is 0 Å². The van der Waals surface area contributed by atoms with Crippen molar-refractivity contribution in [2.75, 3.05) is 5.32 Å². The molecule has 1 fully saturated rings. The minimum absolute atomic E-state index is 0.0118. The van der Waals surface area contributed by atoms with Crippen LogP contribution in [0, 0.1) is 12.3 Å². The van der Waals surface area contributed by atoms with Gasteiger partial charge in [0.05, 0.1) is 11.4 Å². The molecule has 1 N–H and O–H groups in total. The quantitative estimate of drug-likeness (QED) is 0.782. The highest BCUT2D eigenvalue weighted by atomic mass is 16.1. The van der Waals surface area contributed by atoms with Crippen LogP contribution in [0.4, 0.5) is 5.69 Å². The van der Waals surface area contributed by atoms with Gasteiger partial charge in [-0.15, -0.1) is 12.3 Å². The van der Waals surface area contributed by atoms with Crippen molar-refractivity contribution < 1.29 is 4.79 Å². The first kappa shape index (κ1) is 13.8. The number of hydrogen-bond acceptors (Lipinski definition) is 4. The van der Waals surface area contributed by atoms with Crippen LogP contribution in [-0.2, 0) is 11.8 Å². The summed E-state index contributed by atoms with van der Waals surface area (Å²) in [7, 11) is 1.87. The summed E-state index contributed by atoms with van der Waals surface area (Å²) in [5.41, 5.74) is 1.46. The van der Waals surface area contributed by atoms with E-state index in [1.54, 1.807) is 4.68 Å². The molecule has 3 rings (SSSR count). The summed E-state index contributed by atoms with van der Waals surface area (Å²) in [6.45, 7) is 0. The van der Waals surface area contributed by atoms with Gasteiger partial charge in [0, 0.05) is 44.8 Å². The van der Waals surface area contributed by atoms with Gasteiger partial charge in [0.1, 0.15) is 0 Å². The van der Waals surface area contributed by atoms with E-state index in [1.165, 1.54) is 0 Å². The SMILES string of the molecule is C#CCCC1(CCC(=O)Nc2cn(C)nc2C2CC2)N=N1. The highest BCUT2D eigenvalue weighted by molar-refractivity contribution is 5.91. The third kappa shape index (κ3) is 3.30. The number of amides is 1. The van der Waals surface area contributed by atoms with Gasteiger partial charge in [-0.05, 0) is 12.8 Å². The molecule has 0 unspecified atom stereocenters. The maximum absolute atomic E-state index is 12.1. The molecular weight excluding hydrogens is 266 g/mol. The van der Waals surface area contributed by atoms with E-state index < -0.39 is 5.66 Å². The summed E-state index contributed by atoms with van der Waals surface area (Å²) in [6, 6.07) is 0. The fourth-order valence-corrected chi connectivity index (χ4v) is 2.45. The molecule has 6 heteroatoms. The zero-order valence-corrected chi connectivity index (χ0v) is 12.2. The van der Waals surface area contributed by atoms with Gasteiger partial charge < -0.3 is 5.32 Å². The molecule has 21 heavy (non-hydrogen) atoms. The lowest BCUT2D eigenvalue weighted by Crippen LogP contribution is -2.18. The molecule has 0 radical (unpaired) electrons. The van der Waals surface area contributed by atoms with Crippen molar-refractivity contribution >= 4 is 11.6 Å². The third-order valence-electron chi connectivity index (χ3n) is 3.90. The van der Waals surface area contributed by atoms with Crippen LogP contribution >= 0.6 is 0 Å². The first-order chi connectivity index (χ1) is 10.1. The number of carbonyl (C=O) groups is 1. The molecule has 0 atom stereocenters. The molecule has 1 aromatic heterocycles. The number of carbonyl (C=O) groups excluding carboxylic acids is 1. The summed E-state index contributed by atoms with van der Waals surface area (Å²) >= 11 is 0. The van der Waals surface area contributed by atoms with Crippen LogP contribution in [0.2, 0.25) is 0 Å². The molecule has 1 aromatic rings. The fourth-order valence-electron chi connectivity index (χ4n) is 2.45. The minimum Gasteiger partial charge on any atom is -0.323 e. The fraction of sp³-hybridized carbons (Fsp3) is 0.600. The maximum atomic E-state index is 12.1. The average molecular weight is 285 g/mol. The number of hydrogen-bond donors (Lipinski definition) is 1. The van der Waals surface area contributed by atoms with E-state index in [0.717, 1.165) is 30.6 Å². The second-order valence-corrected chi connectivity index (χ2v) is 5.81. The zero-order chi connectivity index (χ0) is 14.9. The van der Waals surface area contributed by atoms with Gasteiger partial charge in [-0.1, -0.05) is 0 Å². The van der Waals surface area contributed by atoms with E-state index in [0.29, 0.717) is 25.2 Å². The highest BCUT2D eigenvalue weighted by Gasteiger charge is 2.39. The molecule has 6 nitrogen and oxygen atoms in total. The summed E-state index contributed by atoms with van der Waals surface area (Å²) in [6.07, 6.45) is 11.8. The Bertz CT molecular complexity index is 614. The second kappa shape index (κ2) is 5.32. The lowest BCUT2D eigenvalue weighted by Gasteiger charge is -2.09. The van der Waals surface area contributed by atoms with E-state index >= 15 is 0 Å². The Morgan fingerprint density at radius 3 is 2.90 bits per heavy atom. The molecule has 110 valence electrons. The standard InChI is InChI=1S/C15H19N5O/c1-3-4-8-15(18-19-15)9-7-13(21)16-12-10-20(2)17-14(12)11-5-6-11/h1,10-11H,4-9H2,2H3,(H,16,21). The van der Waals surface area contributed by atoms with Crippen LogP contribution in [0.15, 0.2) is 16.4 Å². The second-order valence-electron chi connectivity index (χ2n) is 5.81. The van der Waals surface area contributed by atoms with Crippen molar-refractivity contribution in [1.82, 2.24) is 9.78 Å². The molecule has 1 amide bonds. The van der Waals surface area contributed by atoms with Crippen molar-refractivity contribution in [3.05, 3.63) is 11.9 Å². The summed E-state index contributed by atoms with van der Waals surface area (Å²) < 4.78 is 1.75. The first-order valence-electron chi connectivity index (χ1n) is 7.33. The van der Waals surface area contributed by atoms with Crippen LogP contribution in [0.5, 0.6) is 0 Å². The van der Waals surface area contributed by atoms with E-state index in [2.05, 4.69) is 26.6 Å². The van der Waals surface area contributed by atoms with Gasteiger partial charge in [-0.3, -0.25) is 9.48 Å². The summed E-state index contributed by atoms with van der Waals surface area (Å²) in [5.74, 6) is 3.09. The van der Waals surface area contributed by atoms with Gasteiger partial charge in [-0.2, -0.15) is 15.3 Å². The normalized spacial score (nSPS) is 18.3. The Balaban J connectivity index is 1.52.